The monoisotopic (exact) mass is 376 g/mol. The topological polar surface area (TPSA) is 50.4 Å². The largest absolute Gasteiger partial charge is 0.496 e. The number of hydrogen-bond acceptors (Lipinski definition) is 3. The van der Waals surface area contributed by atoms with E-state index in [1.54, 1.807) is 7.11 Å². The molecule has 2 aromatic carbocycles. The molecule has 5 heteroatoms. The van der Waals surface area contributed by atoms with Crippen LogP contribution in [0.25, 0.3) is 0 Å². The van der Waals surface area contributed by atoms with E-state index in [9.17, 15) is 4.79 Å². The average Bonchev–Trinajstić information content (AvgIpc) is 2.58. The molecule has 0 aliphatic rings. The Hall–Kier alpha value is -1.85. The van der Waals surface area contributed by atoms with Gasteiger partial charge in [-0.1, -0.05) is 36.4 Å². The maximum absolute atomic E-state index is 11.9. The second-order valence-corrected chi connectivity index (χ2v) is 6.11. The normalized spacial score (nSPS) is 11.8. The van der Waals surface area contributed by atoms with Gasteiger partial charge in [0.25, 0.3) is 0 Å². The van der Waals surface area contributed by atoms with E-state index in [2.05, 4.69) is 26.6 Å². The lowest BCUT2D eigenvalue weighted by molar-refractivity contribution is -0.120. The Morgan fingerprint density at radius 3 is 2.61 bits per heavy atom. The van der Waals surface area contributed by atoms with Gasteiger partial charge in [0.2, 0.25) is 5.91 Å². The third-order valence-electron chi connectivity index (χ3n) is 3.58. The number of methoxy groups -OCH3 is 1. The maximum Gasteiger partial charge on any atom is 0.234 e. The molecule has 1 amide bonds. The Morgan fingerprint density at radius 1 is 1.22 bits per heavy atom. The number of nitrogens with one attached hydrogen (secondary N) is 2. The van der Waals surface area contributed by atoms with E-state index >= 15 is 0 Å². The van der Waals surface area contributed by atoms with Crippen molar-refractivity contribution in [1.82, 2.24) is 10.6 Å². The van der Waals surface area contributed by atoms with Crippen LogP contribution in [0.5, 0.6) is 5.75 Å². The number of benzene rings is 2. The Bertz CT molecular complexity index is 647. The van der Waals surface area contributed by atoms with E-state index in [0.29, 0.717) is 6.54 Å². The van der Waals surface area contributed by atoms with E-state index in [0.717, 1.165) is 21.3 Å². The van der Waals surface area contributed by atoms with Crippen molar-refractivity contribution in [2.24, 2.45) is 0 Å². The molecular weight excluding hydrogens is 356 g/mol. The van der Waals surface area contributed by atoms with Crippen molar-refractivity contribution in [3.8, 4) is 5.75 Å². The SMILES string of the molecule is COc1ccc([C@H](C)NCC(=O)NCc2ccccc2)cc1Br. The second kappa shape index (κ2) is 8.70. The van der Waals surface area contributed by atoms with Crippen molar-refractivity contribution in [2.75, 3.05) is 13.7 Å². The molecule has 0 unspecified atom stereocenters. The summed E-state index contributed by atoms with van der Waals surface area (Å²) in [6, 6.07) is 15.8. The Kier molecular flexibility index (Phi) is 6.62. The molecule has 0 bridgehead atoms. The molecule has 0 aliphatic heterocycles. The summed E-state index contributed by atoms with van der Waals surface area (Å²) in [6.45, 7) is 2.85. The lowest BCUT2D eigenvalue weighted by Crippen LogP contribution is -2.34. The van der Waals surface area contributed by atoms with E-state index in [-0.39, 0.29) is 18.5 Å². The van der Waals surface area contributed by atoms with Crippen LogP contribution in [0.15, 0.2) is 53.0 Å². The summed E-state index contributed by atoms with van der Waals surface area (Å²) < 4.78 is 6.12. The molecule has 0 spiro atoms. The Morgan fingerprint density at radius 2 is 1.96 bits per heavy atom. The van der Waals surface area contributed by atoms with Gasteiger partial charge in [-0.05, 0) is 46.1 Å². The summed E-state index contributed by atoms with van der Waals surface area (Å²) >= 11 is 3.47. The molecule has 4 nitrogen and oxygen atoms in total. The van der Waals surface area contributed by atoms with Crippen LogP contribution in [0.2, 0.25) is 0 Å². The first kappa shape index (κ1) is 17.5. The molecule has 0 aromatic heterocycles. The van der Waals surface area contributed by atoms with Crippen LogP contribution >= 0.6 is 15.9 Å². The van der Waals surface area contributed by atoms with Gasteiger partial charge < -0.3 is 15.4 Å². The average molecular weight is 377 g/mol. The van der Waals surface area contributed by atoms with Crippen LogP contribution in [-0.4, -0.2) is 19.6 Å². The van der Waals surface area contributed by atoms with Crippen LogP contribution in [0.1, 0.15) is 24.1 Å². The van der Waals surface area contributed by atoms with Crippen molar-refractivity contribution in [2.45, 2.75) is 19.5 Å². The third kappa shape index (κ3) is 5.37. The second-order valence-electron chi connectivity index (χ2n) is 5.26. The summed E-state index contributed by atoms with van der Waals surface area (Å²) in [5, 5.41) is 6.13. The van der Waals surface area contributed by atoms with E-state index in [4.69, 9.17) is 4.74 Å². The van der Waals surface area contributed by atoms with Crippen molar-refractivity contribution < 1.29 is 9.53 Å². The Balaban J connectivity index is 1.80. The molecule has 0 radical (unpaired) electrons. The number of hydrogen-bond donors (Lipinski definition) is 2. The first-order valence-electron chi connectivity index (χ1n) is 7.47. The van der Waals surface area contributed by atoms with E-state index in [1.807, 2.05) is 55.5 Å². The quantitative estimate of drug-likeness (QED) is 0.778. The van der Waals surface area contributed by atoms with Crippen LogP contribution in [0.4, 0.5) is 0 Å². The van der Waals surface area contributed by atoms with Crippen LogP contribution < -0.4 is 15.4 Å². The van der Waals surface area contributed by atoms with Gasteiger partial charge >= 0.3 is 0 Å². The van der Waals surface area contributed by atoms with Gasteiger partial charge in [0.15, 0.2) is 0 Å². The van der Waals surface area contributed by atoms with Crippen LogP contribution in [0, 0.1) is 0 Å². The summed E-state index contributed by atoms with van der Waals surface area (Å²) in [5.74, 6) is 0.773. The van der Waals surface area contributed by atoms with E-state index in [1.165, 1.54) is 0 Å². The summed E-state index contributed by atoms with van der Waals surface area (Å²) in [4.78, 5) is 11.9. The summed E-state index contributed by atoms with van der Waals surface area (Å²) in [6.07, 6.45) is 0. The molecule has 0 heterocycles. The zero-order chi connectivity index (χ0) is 16.7. The molecular formula is C18H21BrN2O2. The van der Waals surface area contributed by atoms with Gasteiger partial charge in [0.1, 0.15) is 5.75 Å². The molecule has 2 aromatic rings. The molecule has 122 valence electrons. The fourth-order valence-corrected chi connectivity index (χ4v) is 2.73. The molecule has 0 fully saturated rings. The fraction of sp³-hybridized carbons (Fsp3) is 0.278. The third-order valence-corrected chi connectivity index (χ3v) is 4.20. The standard InChI is InChI=1S/C18H21BrN2O2/c1-13(15-8-9-17(23-2)16(19)10-15)20-12-18(22)21-11-14-6-4-3-5-7-14/h3-10,13,20H,11-12H2,1-2H3,(H,21,22)/t13-/m0/s1. The predicted molar refractivity (Wildman–Crippen MR) is 95.4 cm³/mol. The molecule has 0 saturated carbocycles. The molecule has 0 aliphatic carbocycles. The van der Waals surface area contributed by atoms with Crippen molar-refractivity contribution in [3.63, 3.8) is 0 Å². The van der Waals surface area contributed by atoms with Gasteiger partial charge in [-0.25, -0.2) is 0 Å². The number of carbonyl (C=O) groups excluding carboxylic acids is 1. The summed E-state index contributed by atoms with van der Waals surface area (Å²) in [5.41, 5.74) is 2.18. The highest BCUT2D eigenvalue weighted by atomic mass is 79.9. The molecule has 1 atom stereocenters. The number of rotatable bonds is 7. The number of carbonyl (C=O) groups is 1. The lowest BCUT2D eigenvalue weighted by Gasteiger charge is -2.15. The lowest BCUT2D eigenvalue weighted by atomic mass is 10.1. The van der Waals surface area contributed by atoms with Gasteiger partial charge in [-0.3, -0.25) is 4.79 Å². The van der Waals surface area contributed by atoms with Crippen molar-refractivity contribution in [1.29, 1.82) is 0 Å². The molecule has 23 heavy (non-hydrogen) atoms. The van der Waals surface area contributed by atoms with Crippen molar-refractivity contribution in [3.05, 3.63) is 64.1 Å². The molecule has 2 rings (SSSR count). The van der Waals surface area contributed by atoms with Crippen molar-refractivity contribution >= 4 is 21.8 Å². The number of ether oxygens (including phenoxy) is 1. The van der Waals surface area contributed by atoms with Gasteiger partial charge in [-0.2, -0.15) is 0 Å². The zero-order valence-corrected chi connectivity index (χ0v) is 14.9. The van der Waals surface area contributed by atoms with E-state index < -0.39 is 0 Å². The maximum atomic E-state index is 11.9. The number of halogens is 1. The molecule has 0 saturated heterocycles. The summed E-state index contributed by atoms with van der Waals surface area (Å²) in [7, 11) is 1.64. The first-order valence-corrected chi connectivity index (χ1v) is 8.27. The first-order chi connectivity index (χ1) is 11.1. The van der Waals surface area contributed by atoms with Gasteiger partial charge in [0, 0.05) is 12.6 Å². The zero-order valence-electron chi connectivity index (χ0n) is 13.3. The highest BCUT2D eigenvalue weighted by Gasteiger charge is 2.10. The Labute approximate surface area is 145 Å². The smallest absolute Gasteiger partial charge is 0.234 e. The van der Waals surface area contributed by atoms with Crippen LogP contribution in [-0.2, 0) is 11.3 Å². The van der Waals surface area contributed by atoms with Gasteiger partial charge in [-0.15, -0.1) is 0 Å². The minimum absolute atomic E-state index is 0.0201. The fourth-order valence-electron chi connectivity index (χ4n) is 2.17. The highest BCUT2D eigenvalue weighted by molar-refractivity contribution is 9.10. The van der Waals surface area contributed by atoms with Crippen LogP contribution in [0.3, 0.4) is 0 Å². The highest BCUT2D eigenvalue weighted by Crippen LogP contribution is 2.27. The number of amides is 1. The minimum atomic E-state index is -0.0201. The predicted octanol–water partition coefficient (Wildman–Crippen LogP) is 3.42. The minimum Gasteiger partial charge on any atom is -0.496 e. The van der Waals surface area contributed by atoms with Gasteiger partial charge in [0.05, 0.1) is 18.1 Å². The molecule has 2 N–H and O–H groups in total.